The van der Waals surface area contributed by atoms with E-state index in [9.17, 15) is 9.18 Å². The minimum Gasteiger partial charge on any atom is -0.467 e. The highest BCUT2D eigenvalue weighted by Crippen LogP contribution is 2.28. The first-order valence-corrected chi connectivity index (χ1v) is 8.83. The van der Waals surface area contributed by atoms with Crippen LogP contribution in [0, 0.1) is 5.82 Å². The molecule has 1 aromatic carbocycles. The van der Waals surface area contributed by atoms with Gasteiger partial charge in [0.15, 0.2) is 23.1 Å². The van der Waals surface area contributed by atoms with E-state index in [0.29, 0.717) is 28.2 Å². The van der Waals surface area contributed by atoms with Crippen molar-refractivity contribution in [2.45, 2.75) is 6.04 Å². The van der Waals surface area contributed by atoms with Crippen molar-refractivity contribution in [3.63, 3.8) is 0 Å². The number of fused-ring (bicyclic) bond motifs is 3. The van der Waals surface area contributed by atoms with Crippen LogP contribution >= 0.6 is 0 Å². The summed E-state index contributed by atoms with van der Waals surface area (Å²) in [5.41, 5.74) is 7.10. The highest BCUT2D eigenvalue weighted by atomic mass is 19.1. The third-order valence-corrected chi connectivity index (χ3v) is 4.63. The number of halogens is 1. The van der Waals surface area contributed by atoms with Crippen LogP contribution in [0.2, 0.25) is 0 Å². The fourth-order valence-electron chi connectivity index (χ4n) is 3.29. The molecule has 0 spiro atoms. The standard InChI is InChI=1S/C19H14FN7O3/c1-29-18(28)14(10-4-2-5-11(20)8-10)26-17-12(9-22-26)16-23-15(13-6-3-7-30-13)25-27(16)19(21)24-17/h2-9,14H,1H3,(H2,21,24). The van der Waals surface area contributed by atoms with Crippen LogP contribution < -0.4 is 5.73 Å². The first-order valence-electron chi connectivity index (χ1n) is 8.83. The number of nitrogen functional groups attached to an aromatic ring is 1. The summed E-state index contributed by atoms with van der Waals surface area (Å²) in [5, 5.41) is 9.13. The monoisotopic (exact) mass is 407 g/mol. The quantitative estimate of drug-likeness (QED) is 0.449. The molecule has 0 bridgehead atoms. The van der Waals surface area contributed by atoms with Gasteiger partial charge >= 0.3 is 5.97 Å². The summed E-state index contributed by atoms with van der Waals surface area (Å²) in [6.45, 7) is 0. The smallest absolute Gasteiger partial charge is 0.335 e. The molecule has 11 heteroatoms. The molecule has 30 heavy (non-hydrogen) atoms. The molecule has 2 N–H and O–H groups in total. The van der Waals surface area contributed by atoms with E-state index >= 15 is 0 Å². The van der Waals surface area contributed by atoms with Crippen molar-refractivity contribution in [3.8, 4) is 11.6 Å². The van der Waals surface area contributed by atoms with Gasteiger partial charge in [-0.2, -0.15) is 14.6 Å². The molecule has 0 aliphatic rings. The molecule has 0 aliphatic carbocycles. The fourth-order valence-corrected chi connectivity index (χ4v) is 3.29. The number of methoxy groups -OCH3 is 1. The number of rotatable bonds is 4. The molecule has 0 amide bonds. The van der Waals surface area contributed by atoms with E-state index in [0.717, 1.165) is 0 Å². The highest BCUT2D eigenvalue weighted by Gasteiger charge is 2.28. The Morgan fingerprint density at radius 2 is 2.10 bits per heavy atom. The predicted octanol–water partition coefficient (Wildman–Crippen LogP) is 2.22. The second-order valence-electron chi connectivity index (χ2n) is 6.43. The molecule has 1 unspecified atom stereocenters. The largest absolute Gasteiger partial charge is 0.467 e. The number of nitrogens with two attached hydrogens (primary N) is 1. The van der Waals surface area contributed by atoms with Gasteiger partial charge in [0.2, 0.25) is 11.8 Å². The van der Waals surface area contributed by atoms with Crippen molar-refractivity contribution in [3.05, 3.63) is 60.2 Å². The van der Waals surface area contributed by atoms with E-state index in [4.69, 9.17) is 14.9 Å². The number of aromatic nitrogens is 6. The summed E-state index contributed by atoms with van der Waals surface area (Å²) in [6, 6.07) is 8.00. The molecule has 10 nitrogen and oxygen atoms in total. The van der Waals surface area contributed by atoms with E-state index in [2.05, 4.69) is 20.2 Å². The van der Waals surface area contributed by atoms with Gasteiger partial charge in [0.05, 0.1) is 25.0 Å². The number of hydrogen-bond donors (Lipinski definition) is 1. The average molecular weight is 407 g/mol. The SMILES string of the molecule is COC(=O)C(c1cccc(F)c1)n1ncc2c1nc(N)n1nc(-c3ccco3)nc21. The number of esters is 1. The van der Waals surface area contributed by atoms with Gasteiger partial charge in [-0.15, -0.1) is 5.10 Å². The van der Waals surface area contributed by atoms with Crippen molar-refractivity contribution in [1.82, 2.24) is 29.4 Å². The zero-order valence-electron chi connectivity index (χ0n) is 15.6. The van der Waals surface area contributed by atoms with E-state index in [1.807, 2.05) is 0 Å². The lowest BCUT2D eigenvalue weighted by molar-refractivity contribution is -0.143. The number of carbonyl (C=O) groups is 1. The summed E-state index contributed by atoms with van der Waals surface area (Å²) in [5.74, 6) is -0.307. The number of anilines is 1. The summed E-state index contributed by atoms with van der Waals surface area (Å²) in [6.07, 6.45) is 3.00. The Bertz CT molecular complexity index is 1390. The van der Waals surface area contributed by atoms with Gasteiger partial charge in [-0.3, -0.25) is 0 Å². The van der Waals surface area contributed by atoms with Gasteiger partial charge in [-0.1, -0.05) is 12.1 Å². The Hall–Kier alpha value is -4.28. The molecule has 150 valence electrons. The molecule has 5 rings (SSSR count). The maximum absolute atomic E-state index is 13.8. The van der Waals surface area contributed by atoms with Crippen LogP contribution in [0.3, 0.4) is 0 Å². The van der Waals surface area contributed by atoms with Crippen LogP contribution in [-0.4, -0.2) is 42.4 Å². The van der Waals surface area contributed by atoms with Gasteiger partial charge in [0.25, 0.3) is 0 Å². The molecular formula is C19H14FN7O3. The highest BCUT2D eigenvalue weighted by molar-refractivity contribution is 5.92. The molecule has 0 aliphatic heterocycles. The molecule has 4 heterocycles. The Labute approximate surface area is 167 Å². The molecular weight excluding hydrogens is 393 g/mol. The first kappa shape index (κ1) is 17.8. The van der Waals surface area contributed by atoms with Crippen molar-refractivity contribution in [1.29, 1.82) is 0 Å². The lowest BCUT2D eigenvalue weighted by Crippen LogP contribution is -2.23. The lowest BCUT2D eigenvalue weighted by Gasteiger charge is -2.16. The zero-order chi connectivity index (χ0) is 20.8. The van der Waals surface area contributed by atoms with Crippen molar-refractivity contribution in [2.75, 3.05) is 12.8 Å². The minimum absolute atomic E-state index is 0.0346. The Morgan fingerprint density at radius 1 is 1.23 bits per heavy atom. The number of furan rings is 1. The van der Waals surface area contributed by atoms with E-state index < -0.39 is 17.8 Å². The molecule has 1 atom stereocenters. The third-order valence-electron chi connectivity index (χ3n) is 4.63. The van der Waals surface area contributed by atoms with Crippen molar-refractivity contribution >= 4 is 28.6 Å². The Morgan fingerprint density at radius 3 is 2.83 bits per heavy atom. The van der Waals surface area contributed by atoms with Crippen LogP contribution in [0.1, 0.15) is 11.6 Å². The summed E-state index contributed by atoms with van der Waals surface area (Å²) < 4.78 is 26.8. The summed E-state index contributed by atoms with van der Waals surface area (Å²) in [7, 11) is 1.24. The molecule has 0 radical (unpaired) electrons. The van der Waals surface area contributed by atoms with E-state index in [1.165, 1.54) is 47.0 Å². The summed E-state index contributed by atoms with van der Waals surface area (Å²) >= 11 is 0. The average Bonchev–Trinajstić information content (AvgIpc) is 3.48. The van der Waals surface area contributed by atoms with Gasteiger partial charge in [-0.05, 0) is 29.8 Å². The third kappa shape index (κ3) is 2.67. The van der Waals surface area contributed by atoms with Crippen LogP contribution in [-0.2, 0) is 9.53 Å². The molecule has 0 saturated heterocycles. The van der Waals surface area contributed by atoms with Crippen molar-refractivity contribution in [2.24, 2.45) is 0 Å². The summed E-state index contributed by atoms with van der Waals surface area (Å²) in [4.78, 5) is 21.4. The number of carbonyl (C=O) groups excluding carboxylic acids is 1. The number of nitrogens with zero attached hydrogens (tertiary/aromatic N) is 6. The van der Waals surface area contributed by atoms with Crippen LogP contribution in [0.5, 0.6) is 0 Å². The van der Waals surface area contributed by atoms with E-state index in [1.54, 1.807) is 18.2 Å². The molecule has 5 aromatic rings. The second-order valence-corrected chi connectivity index (χ2v) is 6.43. The van der Waals surface area contributed by atoms with Crippen LogP contribution in [0.4, 0.5) is 10.3 Å². The number of ether oxygens (including phenoxy) is 1. The van der Waals surface area contributed by atoms with Gasteiger partial charge < -0.3 is 14.9 Å². The number of benzene rings is 1. The fraction of sp³-hybridized carbons (Fsp3) is 0.105. The molecule has 4 aromatic heterocycles. The number of hydrogen-bond acceptors (Lipinski definition) is 8. The maximum atomic E-state index is 13.8. The van der Waals surface area contributed by atoms with Crippen LogP contribution in [0.25, 0.3) is 28.3 Å². The topological polar surface area (TPSA) is 126 Å². The molecule has 0 fully saturated rings. The first-order chi connectivity index (χ1) is 14.6. The van der Waals surface area contributed by atoms with Gasteiger partial charge in [0.1, 0.15) is 5.82 Å². The predicted molar refractivity (Wildman–Crippen MR) is 103 cm³/mol. The normalized spacial score (nSPS) is 12.5. The zero-order valence-corrected chi connectivity index (χ0v) is 15.6. The second kappa shape index (κ2) is 6.65. The van der Waals surface area contributed by atoms with E-state index in [-0.39, 0.29) is 11.6 Å². The van der Waals surface area contributed by atoms with Gasteiger partial charge in [0, 0.05) is 0 Å². The maximum Gasteiger partial charge on any atom is 0.335 e. The Kier molecular flexibility index (Phi) is 3.95. The lowest BCUT2D eigenvalue weighted by atomic mass is 10.1. The van der Waals surface area contributed by atoms with Crippen LogP contribution in [0.15, 0.2) is 53.3 Å². The van der Waals surface area contributed by atoms with Crippen molar-refractivity contribution < 1.29 is 18.3 Å². The molecule has 0 saturated carbocycles. The van der Waals surface area contributed by atoms with Gasteiger partial charge in [-0.25, -0.2) is 18.9 Å². The minimum atomic E-state index is -1.06. The Balaban J connectivity index is 1.74.